The number of benzene rings is 2. The summed E-state index contributed by atoms with van der Waals surface area (Å²) in [5, 5.41) is 13.8. The van der Waals surface area contributed by atoms with Crippen LogP contribution in [-0.4, -0.2) is 43.0 Å². The van der Waals surface area contributed by atoms with E-state index in [0.717, 1.165) is 25.1 Å². The van der Waals surface area contributed by atoms with Crippen LogP contribution in [0.2, 0.25) is 0 Å². The van der Waals surface area contributed by atoms with Gasteiger partial charge in [-0.05, 0) is 79.1 Å². The van der Waals surface area contributed by atoms with Crippen molar-refractivity contribution in [1.82, 2.24) is 14.8 Å². The minimum absolute atomic E-state index is 0.0185. The van der Waals surface area contributed by atoms with Crippen molar-refractivity contribution in [2.75, 3.05) is 0 Å². The van der Waals surface area contributed by atoms with Crippen molar-refractivity contribution in [2.24, 2.45) is 5.92 Å². The van der Waals surface area contributed by atoms with Gasteiger partial charge in [-0.1, -0.05) is 12.0 Å². The summed E-state index contributed by atoms with van der Waals surface area (Å²) in [6.07, 6.45) is -8.21. The highest BCUT2D eigenvalue weighted by Gasteiger charge is 2.68. The second-order valence-corrected chi connectivity index (χ2v) is 14.1. The summed E-state index contributed by atoms with van der Waals surface area (Å²) in [5.41, 5.74) is -5.47. The Hall–Kier alpha value is -5.04. The Bertz CT molecular complexity index is 2260. The Balaban J connectivity index is 1.32. The van der Waals surface area contributed by atoms with Gasteiger partial charge in [-0.3, -0.25) is 14.3 Å². The van der Waals surface area contributed by atoms with Gasteiger partial charge in [0.05, 0.1) is 24.1 Å². The second-order valence-electron chi connectivity index (χ2n) is 14.1. The number of fused-ring (bicyclic) bond motifs is 3. The third kappa shape index (κ3) is 7.01. The maximum atomic E-state index is 15.3. The minimum Gasteiger partial charge on any atom is -0.377 e. The number of ketones is 2. The number of rotatable bonds is 9. The molecule has 2 aromatic heterocycles. The van der Waals surface area contributed by atoms with E-state index in [2.05, 4.69) is 21.9 Å². The summed E-state index contributed by atoms with van der Waals surface area (Å²) >= 11 is 0. The molecule has 0 radical (unpaired) electrons. The van der Waals surface area contributed by atoms with Crippen LogP contribution in [0.15, 0.2) is 48.5 Å². The standard InChI is InChI=1S/C38H27F10N3O3/c1-18(52)27-12-20(2-5-30(27)41)26-4-3-24(6-7-35(54)16-36(42,43)17-35)49-32(26)21(8-19-9-22(39)13-23(40)10-19)11-25(53)15-51-34-31(33(50-51)38(46,47)48)28-14-29(28)37(34,44)45/h2-5,9-10,12-13,21,28-29,54H,8,11,14-17H2,1H3/t21-,28+,29-/m1/s1. The molecule has 0 bridgehead atoms. The first-order valence-electron chi connectivity index (χ1n) is 16.6. The molecule has 54 heavy (non-hydrogen) atoms. The lowest BCUT2D eigenvalue weighted by Gasteiger charge is -2.39. The Morgan fingerprint density at radius 2 is 1.69 bits per heavy atom. The van der Waals surface area contributed by atoms with Crippen LogP contribution in [0.4, 0.5) is 43.9 Å². The molecule has 2 fully saturated rings. The van der Waals surface area contributed by atoms with Crippen LogP contribution < -0.4 is 0 Å². The largest absolute Gasteiger partial charge is 0.435 e. The molecule has 0 aliphatic heterocycles. The highest BCUT2D eigenvalue weighted by atomic mass is 19.4. The van der Waals surface area contributed by atoms with Gasteiger partial charge in [-0.2, -0.15) is 27.1 Å². The maximum Gasteiger partial charge on any atom is 0.435 e. The van der Waals surface area contributed by atoms with Crippen molar-refractivity contribution in [3.63, 3.8) is 0 Å². The highest BCUT2D eigenvalue weighted by molar-refractivity contribution is 5.95. The van der Waals surface area contributed by atoms with E-state index in [-0.39, 0.29) is 46.5 Å². The van der Waals surface area contributed by atoms with Crippen LogP contribution in [0.1, 0.15) is 88.7 Å². The van der Waals surface area contributed by atoms with E-state index in [1.165, 1.54) is 24.3 Å². The first-order valence-corrected chi connectivity index (χ1v) is 16.6. The molecule has 0 saturated heterocycles. The van der Waals surface area contributed by atoms with Crippen LogP contribution in [0.25, 0.3) is 11.1 Å². The summed E-state index contributed by atoms with van der Waals surface area (Å²) < 4.78 is 143. The summed E-state index contributed by atoms with van der Waals surface area (Å²) in [6.45, 7) is 0.0699. The molecular weight excluding hydrogens is 736 g/mol. The van der Waals surface area contributed by atoms with Gasteiger partial charge >= 0.3 is 6.18 Å². The van der Waals surface area contributed by atoms with E-state index < -0.39 is 113 Å². The predicted octanol–water partition coefficient (Wildman–Crippen LogP) is 8.29. The smallest absolute Gasteiger partial charge is 0.377 e. The number of Topliss-reactive ketones (excluding diaryl/α,β-unsaturated/α-hetero) is 2. The van der Waals surface area contributed by atoms with E-state index in [4.69, 9.17) is 0 Å². The summed E-state index contributed by atoms with van der Waals surface area (Å²) in [6, 6.07) is 8.61. The molecule has 4 aromatic rings. The van der Waals surface area contributed by atoms with Crippen molar-refractivity contribution < 1.29 is 58.6 Å². The Morgan fingerprint density at radius 3 is 2.31 bits per heavy atom. The highest BCUT2D eigenvalue weighted by Crippen LogP contribution is 2.68. The first kappa shape index (κ1) is 37.3. The molecule has 0 spiro atoms. The fourth-order valence-corrected chi connectivity index (χ4v) is 7.51. The number of aliphatic hydroxyl groups is 1. The molecule has 2 saturated carbocycles. The zero-order valence-corrected chi connectivity index (χ0v) is 28.0. The van der Waals surface area contributed by atoms with Crippen LogP contribution >= 0.6 is 0 Å². The van der Waals surface area contributed by atoms with E-state index in [0.29, 0.717) is 10.7 Å². The van der Waals surface area contributed by atoms with Crippen molar-refractivity contribution in [1.29, 1.82) is 0 Å². The molecule has 2 heterocycles. The van der Waals surface area contributed by atoms with Crippen LogP contribution in [0, 0.1) is 35.2 Å². The van der Waals surface area contributed by atoms with Crippen molar-refractivity contribution in [3.8, 4) is 23.0 Å². The Labute approximate surface area is 300 Å². The van der Waals surface area contributed by atoms with Gasteiger partial charge in [0, 0.05) is 35.4 Å². The molecule has 3 aliphatic rings. The molecule has 0 unspecified atom stereocenters. The number of hydrogen-bond donors (Lipinski definition) is 1. The van der Waals surface area contributed by atoms with E-state index >= 15 is 8.78 Å². The fourth-order valence-electron chi connectivity index (χ4n) is 7.51. The number of carbonyl (C=O) groups excluding carboxylic acids is 2. The Kier molecular flexibility index (Phi) is 8.83. The number of hydrogen-bond acceptors (Lipinski definition) is 5. The number of halogens is 10. The topological polar surface area (TPSA) is 85.1 Å². The monoisotopic (exact) mass is 763 g/mol. The molecule has 6 nitrogen and oxygen atoms in total. The van der Waals surface area contributed by atoms with E-state index in [9.17, 15) is 49.8 Å². The summed E-state index contributed by atoms with van der Waals surface area (Å²) in [7, 11) is 0. The molecule has 2 aromatic carbocycles. The lowest BCUT2D eigenvalue weighted by molar-refractivity contribution is -0.176. The average molecular weight is 764 g/mol. The van der Waals surface area contributed by atoms with Crippen molar-refractivity contribution in [3.05, 3.63) is 105 Å². The zero-order valence-electron chi connectivity index (χ0n) is 28.0. The molecule has 282 valence electrons. The van der Waals surface area contributed by atoms with Crippen LogP contribution in [0.3, 0.4) is 0 Å². The molecule has 3 atom stereocenters. The van der Waals surface area contributed by atoms with Gasteiger partial charge in [0.25, 0.3) is 11.8 Å². The summed E-state index contributed by atoms with van der Waals surface area (Å²) in [5.74, 6) is -10.1. The van der Waals surface area contributed by atoms with Gasteiger partial charge in [0.1, 0.15) is 41.0 Å². The molecule has 16 heteroatoms. The Morgan fingerprint density at radius 1 is 1.00 bits per heavy atom. The van der Waals surface area contributed by atoms with Crippen LogP contribution in [0.5, 0.6) is 0 Å². The fraction of sp³-hybridized carbons (Fsp3) is 0.368. The molecule has 7 rings (SSSR count). The van der Waals surface area contributed by atoms with Gasteiger partial charge in [0.15, 0.2) is 17.3 Å². The molecule has 3 aliphatic carbocycles. The number of nitrogens with zero attached hydrogens (tertiary/aromatic N) is 3. The molecule has 1 N–H and O–H groups in total. The lowest BCUT2D eigenvalue weighted by atomic mass is 9.77. The van der Waals surface area contributed by atoms with Gasteiger partial charge in [0.2, 0.25) is 0 Å². The minimum atomic E-state index is -5.09. The second kappa shape index (κ2) is 12.8. The normalized spacial score (nSPS) is 20.6. The molecular formula is C38H27F10N3O3. The third-order valence-corrected chi connectivity index (χ3v) is 9.90. The maximum absolute atomic E-state index is 15.3. The zero-order chi connectivity index (χ0) is 39.1. The third-order valence-electron chi connectivity index (χ3n) is 9.90. The number of carbonyl (C=O) groups is 2. The average Bonchev–Trinajstić information content (AvgIpc) is 3.70. The van der Waals surface area contributed by atoms with Crippen molar-refractivity contribution >= 4 is 11.6 Å². The SMILES string of the molecule is CC(=O)c1cc(-c2ccc(C#CC3(O)CC(F)(F)C3)nc2[C@@H](CC(=O)Cn2nc(C(F)(F)F)c3c2C(F)(F)[C@@H]2C[C@H]32)Cc2cc(F)cc(F)c2)ccc1F. The van der Waals surface area contributed by atoms with Gasteiger partial charge < -0.3 is 5.11 Å². The number of alkyl halides is 7. The number of pyridine rings is 1. The lowest BCUT2D eigenvalue weighted by Crippen LogP contribution is -2.50. The van der Waals surface area contributed by atoms with E-state index in [1.807, 2.05) is 0 Å². The van der Waals surface area contributed by atoms with E-state index in [1.54, 1.807) is 0 Å². The number of aromatic nitrogens is 3. The van der Waals surface area contributed by atoms with Crippen molar-refractivity contribution in [2.45, 2.75) is 81.0 Å². The quantitative estimate of drug-likeness (QED) is 0.105. The van der Waals surface area contributed by atoms with Gasteiger partial charge in [-0.15, -0.1) is 0 Å². The van der Waals surface area contributed by atoms with Gasteiger partial charge in [-0.25, -0.2) is 26.9 Å². The van der Waals surface area contributed by atoms with Crippen LogP contribution in [-0.2, 0) is 29.9 Å². The first-order chi connectivity index (χ1) is 25.1. The molecule has 0 amide bonds. The summed E-state index contributed by atoms with van der Waals surface area (Å²) in [4.78, 5) is 30.5. The predicted molar refractivity (Wildman–Crippen MR) is 170 cm³/mol.